The van der Waals surface area contributed by atoms with Crippen molar-refractivity contribution in [1.29, 1.82) is 0 Å². The van der Waals surface area contributed by atoms with Crippen molar-refractivity contribution in [3.8, 4) is 0 Å². The first-order chi connectivity index (χ1) is 6.63. The van der Waals surface area contributed by atoms with E-state index in [9.17, 15) is 0 Å². The Morgan fingerprint density at radius 1 is 1.29 bits per heavy atom. The lowest BCUT2D eigenvalue weighted by atomic mass is 9.94. The summed E-state index contributed by atoms with van der Waals surface area (Å²) in [6.07, 6.45) is 2.79. The van der Waals surface area contributed by atoms with Gasteiger partial charge in [-0.05, 0) is 43.7 Å². The summed E-state index contributed by atoms with van der Waals surface area (Å²) in [4.78, 5) is 2.64. The van der Waals surface area contributed by atoms with Crippen molar-refractivity contribution >= 4 is 15.9 Å². The molecule has 1 rings (SSSR count). The van der Waals surface area contributed by atoms with Crippen molar-refractivity contribution in [2.24, 2.45) is 17.8 Å². The average Bonchev–Trinajstić information content (AvgIpc) is 2.16. The highest BCUT2D eigenvalue weighted by molar-refractivity contribution is 9.09. The Labute approximate surface area is 97.4 Å². The van der Waals surface area contributed by atoms with Crippen molar-refractivity contribution < 1.29 is 0 Å². The van der Waals surface area contributed by atoms with Gasteiger partial charge in [-0.3, -0.25) is 0 Å². The molecule has 1 fully saturated rings. The van der Waals surface area contributed by atoms with E-state index in [0.717, 1.165) is 23.1 Å². The molecule has 0 aliphatic carbocycles. The summed E-state index contributed by atoms with van der Waals surface area (Å²) >= 11 is 3.63. The van der Waals surface area contributed by atoms with E-state index < -0.39 is 0 Å². The van der Waals surface area contributed by atoms with E-state index in [1.165, 1.54) is 32.5 Å². The van der Waals surface area contributed by atoms with Crippen LogP contribution in [0.3, 0.4) is 0 Å². The zero-order valence-electron chi connectivity index (χ0n) is 9.80. The minimum atomic E-state index is 0.800. The van der Waals surface area contributed by atoms with Crippen LogP contribution in [0.1, 0.15) is 33.6 Å². The Kier molecular flexibility index (Phi) is 5.47. The molecule has 0 N–H and O–H groups in total. The number of hydrogen-bond donors (Lipinski definition) is 0. The lowest BCUT2D eigenvalue weighted by Crippen LogP contribution is -2.38. The van der Waals surface area contributed by atoms with Crippen LogP contribution in [0.5, 0.6) is 0 Å². The minimum Gasteiger partial charge on any atom is -0.303 e. The van der Waals surface area contributed by atoms with Crippen LogP contribution in [0, 0.1) is 17.8 Å². The summed E-state index contributed by atoms with van der Waals surface area (Å²) in [7, 11) is 0. The SMILES string of the molecule is CC1CCN(CC(CBr)C(C)C)CC1. The lowest BCUT2D eigenvalue weighted by molar-refractivity contribution is 0.158. The summed E-state index contributed by atoms with van der Waals surface area (Å²) < 4.78 is 0. The van der Waals surface area contributed by atoms with E-state index in [2.05, 4.69) is 41.6 Å². The van der Waals surface area contributed by atoms with E-state index in [-0.39, 0.29) is 0 Å². The van der Waals surface area contributed by atoms with Gasteiger partial charge in [-0.25, -0.2) is 0 Å². The number of hydrogen-bond acceptors (Lipinski definition) is 1. The van der Waals surface area contributed by atoms with E-state index >= 15 is 0 Å². The lowest BCUT2D eigenvalue weighted by Gasteiger charge is -2.33. The fourth-order valence-corrected chi connectivity index (χ4v) is 2.97. The normalized spacial score (nSPS) is 22.9. The van der Waals surface area contributed by atoms with E-state index in [4.69, 9.17) is 0 Å². The van der Waals surface area contributed by atoms with Gasteiger partial charge in [0.2, 0.25) is 0 Å². The maximum Gasteiger partial charge on any atom is 0.00743 e. The molecule has 0 aromatic heterocycles. The fraction of sp³-hybridized carbons (Fsp3) is 1.00. The number of nitrogens with zero attached hydrogens (tertiary/aromatic N) is 1. The molecular weight excluding hydrogens is 238 g/mol. The molecule has 84 valence electrons. The standard InChI is InChI=1S/C12H24BrN/c1-10(2)12(8-13)9-14-6-4-11(3)5-7-14/h10-12H,4-9H2,1-3H3. The fourth-order valence-electron chi connectivity index (χ4n) is 2.01. The first kappa shape index (κ1) is 12.5. The number of rotatable bonds is 4. The molecule has 0 saturated carbocycles. The summed E-state index contributed by atoms with van der Waals surface area (Å²) in [5.74, 6) is 2.57. The van der Waals surface area contributed by atoms with Gasteiger partial charge >= 0.3 is 0 Å². The highest BCUT2D eigenvalue weighted by atomic mass is 79.9. The Morgan fingerprint density at radius 2 is 1.86 bits per heavy atom. The van der Waals surface area contributed by atoms with Crippen LogP contribution in [0.2, 0.25) is 0 Å². The molecular formula is C12H24BrN. The molecule has 1 atom stereocenters. The number of halogens is 1. The smallest absolute Gasteiger partial charge is 0.00743 e. The Bertz CT molecular complexity index is 150. The molecule has 14 heavy (non-hydrogen) atoms. The highest BCUT2D eigenvalue weighted by Crippen LogP contribution is 2.20. The minimum absolute atomic E-state index is 0.800. The second kappa shape index (κ2) is 6.12. The van der Waals surface area contributed by atoms with Gasteiger partial charge in [0.25, 0.3) is 0 Å². The van der Waals surface area contributed by atoms with E-state index in [1.54, 1.807) is 0 Å². The maximum absolute atomic E-state index is 3.63. The quantitative estimate of drug-likeness (QED) is 0.702. The van der Waals surface area contributed by atoms with E-state index in [0.29, 0.717) is 0 Å². The topological polar surface area (TPSA) is 3.24 Å². The molecule has 0 bridgehead atoms. The van der Waals surface area contributed by atoms with Crippen LogP contribution in [-0.2, 0) is 0 Å². The molecule has 1 aliphatic rings. The summed E-state index contributed by atoms with van der Waals surface area (Å²) in [6, 6.07) is 0. The highest BCUT2D eigenvalue weighted by Gasteiger charge is 2.20. The largest absolute Gasteiger partial charge is 0.303 e. The molecule has 1 heterocycles. The van der Waals surface area contributed by atoms with Gasteiger partial charge < -0.3 is 4.90 Å². The van der Waals surface area contributed by atoms with Gasteiger partial charge in [-0.15, -0.1) is 0 Å². The van der Waals surface area contributed by atoms with Gasteiger partial charge in [0.15, 0.2) is 0 Å². The second-order valence-electron chi connectivity index (χ2n) is 5.14. The van der Waals surface area contributed by atoms with Crippen LogP contribution in [-0.4, -0.2) is 29.9 Å². The molecule has 0 amide bonds. The number of piperidine rings is 1. The van der Waals surface area contributed by atoms with Gasteiger partial charge in [-0.2, -0.15) is 0 Å². The summed E-state index contributed by atoms with van der Waals surface area (Å²) in [5.41, 5.74) is 0. The van der Waals surface area contributed by atoms with Gasteiger partial charge in [0.05, 0.1) is 0 Å². The van der Waals surface area contributed by atoms with Crippen molar-refractivity contribution in [2.45, 2.75) is 33.6 Å². The van der Waals surface area contributed by atoms with Crippen LogP contribution in [0.4, 0.5) is 0 Å². The van der Waals surface area contributed by atoms with Crippen LogP contribution >= 0.6 is 15.9 Å². The maximum atomic E-state index is 3.63. The Balaban J connectivity index is 2.29. The van der Waals surface area contributed by atoms with Crippen LogP contribution in [0.15, 0.2) is 0 Å². The third-order valence-corrected chi connectivity index (χ3v) is 4.34. The Hall–Kier alpha value is 0.440. The first-order valence-corrected chi connectivity index (χ1v) is 7.04. The zero-order valence-corrected chi connectivity index (χ0v) is 11.4. The monoisotopic (exact) mass is 261 g/mol. The van der Waals surface area contributed by atoms with Crippen molar-refractivity contribution in [1.82, 2.24) is 4.90 Å². The van der Waals surface area contributed by atoms with Crippen molar-refractivity contribution in [2.75, 3.05) is 25.0 Å². The van der Waals surface area contributed by atoms with Gasteiger partial charge in [0.1, 0.15) is 0 Å². The van der Waals surface area contributed by atoms with Crippen LogP contribution < -0.4 is 0 Å². The average molecular weight is 262 g/mol. The molecule has 1 saturated heterocycles. The zero-order chi connectivity index (χ0) is 10.6. The third-order valence-electron chi connectivity index (χ3n) is 3.51. The van der Waals surface area contributed by atoms with Gasteiger partial charge in [-0.1, -0.05) is 36.7 Å². The summed E-state index contributed by atoms with van der Waals surface area (Å²) in [6.45, 7) is 11.0. The molecule has 0 aromatic carbocycles. The van der Waals surface area contributed by atoms with Crippen LogP contribution in [0.25, 0.3) is 0 Å². The molecule has 0 radical (unpaired) electrons. The van der Waals surface area contributed by atoms with Crippen molar-refractivity contribution in [3.05, 3.63) is 0 Å². The molecule has 1 unspecified atom stereocenters. The first-order valence-electron chi connectivity index (χ1n) is 5.91. The predicted octanol–water partition coefficient (Wildman–Crippen LogP) is 3.39. The molecule has 0 spiro atoms. The predicted molar refractivity (Wildman–Crippen MR) is 67.0 cm³/mol. The molecule has 1 aliphatic heterocycles. The van der Waals surface area contributed by atoms with E-state index in [1.807, 2.05) is 0 Å². The summed E-state index contributed by atoms with van der Waals surface area (Å²) in [5, 5.41) is 1.15. The molecule has 1 nitrogen and oxygen atoms in total. The number of likely N-dealkylation sites (tertiary alicyclic amines) is 1. The Morgan fingerprint density at radius 3 is 2.29 bits per heavy atom. The third kappa shape index (κ3) is 3.90. The second-order valence-corrected chi connectivity index (χ2v) is 5.79. The number of alkyl halides is 1. The van der Waals surface area contributed by atoms with Crippen molar-refractivity contribution in [3.63, 3.8) is 0 Å². The van der Waals surface area contributed by atoms with Gasteiger partial charge in [0, 0.05) is 11.9 Å². The molecule has 2 heteroatoms. The molecule has 0 aromatic rings.